The monoisotopic (exact) mass is 414 g/mol. The molecule has 0 saturated carbocycles. The molecule has 0 radical (unpaired) electrons. The molecule has 0 atom stereocenters. The summed E-state index contributed by atoms with van der Waals surface area (Å²) < 4.78 is 7.19. The summed E-state index contributed by atoms with van der Waals surface area (Å²) >= 11 is 12.7. The van der Waals surface area contributed by atoms with E-state index in [4.69, 9.17) is 16.3 Å². The van der Waals surface area contributed by atoms with Crippen molar-refractivity contribution in [2.45, 2.75) is 6.42 Å². The van der Waals surface area contributed by atoms with Crippen LogP contribution in [0.4, 0.5) is 0 Å². The van der Waals surface area contributed by atoms with Gasteiger partial charge in [-0.15, -0.1) is 0 Å². The van der Waals surface area contributed by atoms with Gasteiger partial charge < -0.3 is 4.74 Å². The smallest absolute Gasteiger partial charge is 0.196 e. The maximum absolute atomic E-state index is 12.7. The molecule has 1 aliphatic rings. The molecule has 0 spiro atoms. The molecule has 1 heterocycles. The number of ether oxygens (including phenoxy) is 1. The second-order valence-electron chi connectivity index (χ2n) is 4.50. The Morgan fingerprint density at radius 2 is 2.00 bits per heavy atom. The Kier molecular flexibility index (Phi) is 3.89. The predicted octanol–water partition coefficient (Wildman–Crippen LogP) is 5.03. The summed E-state index contributed by atoms with van der Waals surface area (Å²) in [4.78, 5) is 12.7. The zero-order valence-corrected chi connectivity index (χ0v) is 14.2. The Morgan fingerprint density at radius 3 is 2.75 bits per heavy atom. The minimum atomic E-state index is -0.0678. The van der Waals surface area contributed by atoms with E-state index in [1.54, 1.807) is 24.3 Å². The van der Waals surface area contributed by atoms with Crippen LogP contribution in [0, 0.1) is 0 Å². The highest BCUT2D eigenvalue weighted by Gasteiger charge is 2.23. The largest absolute Gasteiger partial charge is 0.492 e. The van der Waals surface area contributed by atoms with Crippen LogP contribution < -0.4 is 4.74 Å². The van der Waals surface area contributed by atoms with Crippen molar-refractivity contribution in [3.8, 4) is 5.75 Å². The van der Waals surface area contributed by atoms with E-state index in [0.29, 0.717) is 33.0 Å². The Morgan fingerprint density at radius 1 is 1.20 bits per heavy atom. The first-order valence-electron chi connectivity index (χ1n) is 6.01. The lowest BCUT2D eigenvalue weighted by Crippen LogP contribution is -2.04. The second kappa shape index (κ2) is 5.51. The maximum atomic E-state index is 12.7. The lowest BCUT2D eigenvalue weighted by atomic mass is 10.00. The van der Waals surface area contributed by atoms with Crippen molar-refractivity contribution in [3.05, 3.63) is 61.0 Å². The van der Waals surface area contributed by atoms with Crippen LogP contribution in [0.3, 0.4) is 0 Å². The van der Waals surface area contributed by atoms with E-state index in [-0.39, 0.29) is 5.78 Å². The van der Waals surface area contributed by atoms with E-state index < -0.39 is 0 Å². The van der Waals surface area contributed by atoms with Crippen molar-refractivity contribution in [1.82, 2.24) is 0 Å². The summed E-state index contributed by atoms with van der Waals surface area (Å²) in [5, 5.41) is 0.581. The molecule has 3 rings (SSSR count). The highest BCUT2D eigenvalue weighted by Crippen LogP contribution is 2.35. The number of hydrogen-bond acceptors (Lipinski definition) is 2. The van der Waals surface area contributed by atoms with Crippen LogP contribution in [0.1, 0.15) is 21.5 Å². The Balaban J connectivity index is 2.09. The summed E-state index contributed by atoms with van der Waals surface area (Å²) in [6.45, 7) is 0.621. The van der Waals surface area contributed by atoms with E-state index in [1.165, 1.54) is 0 Å². The summed E-state index contributed by atoms with van der Waals surface area (Å²) in [7, 11) is 0. The SMILES string of the molecule is O=C(c1ccc(Cl)c(Br)c1)c1cc(Br)cc2c1OCC2. The van der Waals surface area contributed by atoms with Crippen molar-refractivity contribution in [2.24, 2.45) is 0 Å². The summed E-state index contributed by atoms with van der Waals surface area (Å²) in [5.41, 5.74) is 2.23. The number of carbonyl (C=O) groups excluding carboxylic acids is 1. The third kappa shape index (κ3) is 2.52. The zero-order valence-electron chi connectivity index (χ0n) is 10.3. The van der Waals surface area contributed by atoms with Gasteiger partial charge in [0.2, 0.25) is 0 Å². The molecule has 0 aromatic heterocycles. The molecule has 20 heavy (non-hydrogen) atoms. The first-order valence-corrected chi connectivity index (χ1v) is 7.97. The fourth-order valence-corrected chi connectivity index (χ4v) is 3.23. The molecule has 5 heteroatoms. The molecule has 1 aliphatic heterocycles. The molecule has 0 bridgehead atoms. The van der Waals surface area contributed by atoms with Crippen LogP contribution in [0.15, 0.2) is 39.3 Å². The fourth-order valence-electron chi connectivity index (χ4n) is 2.23. The first-order chi connectivity index (χ1) is 9.56. The van der Waals surface area contributed by atoms with Gasteiger partial charge in [-0.05, 0) is 51.8 Å². The van der Waals surface area contributed by atoms with Crippen LogP contribution in [0.5, 0.6) is 5.75 Å². The average molecular weight is 416 g/mol. The fraction of sp³-hybridized carbons (Fsp3) is 0.133. The standard InChI is InChI=1S/C15H9Br2ClO2/c16-10-5-9-3-4-20-15(9)11(7-10)14(19)8-1-2-13(18)12(17)6-8/h1-2,5-7H,3-4H2. The van der Waals surface area contributed by atoms with Gasteiger partial charge in [0.25, 0.3) is 0 Å². The molecule has 102 valence electrons. The van der Waals surface area contributed by atoms with Crippen molar-refractivity contribution in [3.63, 3.8) is 0 Å². The molecule has 2 aromatic carbocycles. The molecule has 0 N–H and O–H groups in total. The number of rotatable bonds is 2. The molecular formula is C15H9Br2ClO2. The summed E-state index contributed by atoms with van der Waals surface area (Å²) in [6, 6.07) is 8.95. The molecule has 0 fully saturated rings. The molecule has 0 aliphatic carbocycles. The van der Waals surface area contributed by atoms with Crippen LogP contribution in [-0.2, 0) is 6.42 Å². The third-order valence-electron chi connectivity index (χ3n) is 3.17. The van der Waals surface area contributed by atoms with Crippen LogP contribution in [0.25, 0.3) is 0 Å². The third-order valence-corrected chi connectivity index (χ3v) is 4.85. The van der Waals surface area contributed by atoms with E-state index in [0.717, 1.165) is 16.5 Å². The molecule has 0 unspecified atom stereocenters. The highest BCUT2D eigenvalue weighted by atomic mass is 79.9. The van der Waals surface area contributed by atoms with Gasteiger partial charge in [0.05, 0.1) is 17.2 Å². The van der Waals surface area contributed by atoms with Crippen LogP contribution in [0.2, 0.25) is 5.02 Å². The van der Waals surface area contributed by atoms with E-state index >= 15 is 0 Å². The molecule has 2 nitrogen and oxygen atoms in total. The van der Waals surface area contributed by atoms with Gasteiger partial charge in [0.1, 0.15) is 5.75 Å². The number of carbonyl (C=O) groups is 1. The topological polar surface area (TPSA) is 26.3 Å². The van der Waals surface area contributed by atoms with E-state index in [2.05, 4.69) is 31.9 Å². The first kappa shape index (κ1) is 14.1. The lowest BCUT2D eigenvalue weighted by molar-refractivity contribution is 0.103. The summed E-state index contributed by atoms with van der Waals surface area (Å²) in [6.07, 6.45) is 0.833. The van der Waals surface area contributed by atoms with Gasteiger partial charge >= 0.3 is 0 Å². The summed E-state index contributed by atoms with van der Waals surface area (Å²) in [5.74, 6) is 0.631. The quantitative estimate of drug-likeness (QED) is 0.642. The second-order valence-corrected chi connectivity index (χ2v) is 6.68. The van der Waals surface area contributed by atoms with Crippen molar-refractivity contribution < 1.29 is 9.53 Å². The van der Waals surface area contributed by atoms with Gasteiger partial charge in [0.15, 0.2) is 5.78 Å². The maximum Gasteiger partial charge on any atom is 0.196 e. The minimum absolute atomic E-state index is 0.0678. The van der Waals surface area contributed by atoms with Gasteiger partial charge in [0, 0.05) is 20.9 Å². The number of halogens is 3. The zero-order chi connectivity index (χ0) is 14.3. The minimum Gasteiger partial charge on any atom is -0.492 e. The number of fused-ring (bicyclic) bond motifs is 1. The molecular weight excluding hydrogens is 407 g/mol. The van der Waals surface area contributed by atoms with Crippen molar-refractivity contribution >= 4 is 49.2 Å². The number of hydrogen-bond donors (Lipinski definition) is 0. The number of ketones is 1. The van der Waals surface area contributed by atoms with Crippen LogP contribution >= 0.6 is 43.5 Å². The van der Waals surface area contributed by atoms with E-state index in [9.17, 15) is 4.79 Å². The Labute approximate surface area is 138 Å². The lowest BCUT2D eigenvalue weighted by Gasteiger charge is -2.09. The molecule has 0 amide bonds. The Hall–Kier alpha value is -0.840. The van der Waals surface area contributed by atoms with Crippen molar-refractivity contribution in [1.29, 1.82) is 0 Å². The van der Waals surface area contributed by atoms with Gasteiger partial charge in [-0.1, -0.05) is 27.5 Å². The molecule has 0 saturated heterocycles. The van der Waals surface area contributed by atoms with E-state index in [1.807, 2.05) is 6.07 Å². The van der Waals surface area contributed by atoms with Crippen LogP contribution in [-0.4, -0.2) is 12.4 Å². The highest BCUT2D eigenvalue weighted by molar-refractivity contribution is 9.10. The normalized spacial score (nSPS) is 12.9. The Bertz CT molecular complexity index is 713. The average Bonchev–Trinajstić information content (AvgIpc) is 2.88. The van der Waals surface area contributed by atoms with Gasteiger partial charge in [-0.2, -0.15) is 0 Å². The van der Waals surface area contributed by atoms with Gasteiger partial charge in [-0.25, -0.2) is 0 Å². The van der Waals surface area contributed by atoms with Gasteiger partial charge in [-0.3, -0.25) is 4.79 Å². The van der Waals surface area contributed by atoms with Crippen molar-refractivity contribution in [2.75, 3.05) is 6.61 Å². The predicted molar refractivity (Wildman–Crippen MR) is 85.9 cm³/mol. The number of benzene rings is 2. The molecule has 2 aromatic rings.